The highest BCUT2D eigenvalue weighted by molar-refractivity contribution is 9.10. The minimum atomic E-state index is -1.14. The number of benzene rings is 1. The number of aromatic carboxylic acids is 1. The zero-order valence-electron chi connectivity index (χ0n) is 9.62. The summed E-state index contributed by atoms with van der Waals surface area (Å²) in [5.41, 5.74) is 0.349. The molecule has 0 aliphatic heterocycles. The molecule has 0 saturated carbocycles. The van der Waals surface area contributed by atoms with Gasteiger partial charge in [-0.25, -0.2) is 4.79 Å². The number of hydrogen-bond donors (Lipinski definition) is 2. The van der Waals surface area contributed by atoms with E-state index in [1.54, 1.807) is 12.1 Å². The molecule has 0 atom stereocenters. The fourth-order valence-corrected chi connectivity index (χ4v) is 3.43. The number of anilines is 1. The zero-order valence-corrected chi connectivity index (χ0v) is 13.5. The number of carbonyl (C=O) groups excluding carboxylic acids is 1. The van der Waals surface area contributed by atoms with E-state index in [0.717, 1.165) is 11.3 Å². The molecule has 4 nitrogen and oxygen atoms in total. The van der Waals surface area contributed by atoms with Crippen molar-refractivity contribution in [3.63, 3.8) is 0 Å². The predicted octanol–water partition coefficient (Wildman–Crippen LogP) is 4.77. The fraction of sp³-hybridized carbons (Fsp3) is 0. The molecule has 0 aliphatic carbocycles. The number of halogens is 3. The lowest BCUT2D eigenvalue weighted by Gasteiger charge is -2.10. The fourth-order valence-electron chi connectivity index (χ4n) is 1.51. The Bertz CT molecular complexity index is 702. The highest BCUT2D eigenvalue weighted by Crippen LogP contribution is 2.33. The minimum absolute atomic E-state index is 0.0230. The average molecular weight is 395 g/mol. The largest absolute Gasteiger partial charge is 0.478 e. The summed E-state index contributed by atoms with van der Waals surface area (Å²) in [6.45, 7) is 0. The number of thiophene rings is 1. The van der Waals surface area contributed by atoms with Crippen LogP contribution in [0.25, 0.3) is 0 Å². The van der Waals surface area contributed by atoms with E-state index in [9.17, 15) is 9.59 Å². The van der Waals surface area contributed by atoms with Crippen molar-refractivity contribution in [1.29, 1.82) is 0 Å². The summed E-state index contributed by atoms with van der Waals surface area (Å²) in [5, 5.41) is 11.6. The monoisotopic (exact) mass is 393 g/mol. The Hall–Kier alpha value is -1.08. The lowest BCUT2D eigenvalue weighted by molar-refractivity contribution is 0.0698. The highest BCUT2D eigenvalue weighted by atomic mass is 79.9. The molecular formula is C12H6BrCl2NO3S. The molecule has 0 bridgehead atoms. The van der Waals surface area contributed by atoms with Crippen molar-refractivity contribution in [2.75, 3.05) is 5.32 Å². The second-order valence-electron chi connectivity index (χ2n) is 3.66. The quantitative estimate of drug-likeness (QED) is 0.787. The van der Waals surface area contributed by atoms with Gasteiger partial charge in [0.05, 0.1) is 21.2 Å². The number of nitrogens with one attached hydrogen (secondary N) is 1. The van der Waals surface area contributed by atoms with E-state index in [4.69, 9.17) is 28.3 Å². The number of amides is 1. The van der Waals surface area contributed by atoms with Crippen LogP contribution in [0.4, 0.5) is 5.69 Å². The summed E-state index contributed by atoms with van der Waals surface area (Å²) in [7, 11) is 0. The first-order valence-electron chi connectivity index (χ1n) is 5.18. The second-order valence-corrected chi connectivity index (χ2v) is 6.80. The SMILES string of the molecule is O=C(Nc1c(Br)cccc1C(=O)O)c1cc(Cl)sc1Cl. The number of hydrogen-bond acceptors (Lipinski definition) is 3. The van der Waals surface area contributed by atoms with Gasteiger partial charge in [0.2, 0.25) is 0 Å². The van der Waals surface area contributed by atoms with Crippen molar-refractivity contribution in [3.05, 3.63) is 48.5 Å². The minimum Gasteiger partial charge on any atom is -0.478 e. The maximum absolute atomic E-state index is 12.1. The molecule has 0 aliphatic rings. The lowest BCUT2D eigenvalue weighted by atomic mass is 10.1. The summed E-state index contributed by atoms with van der Waals surface area (Å²) >= 11 is 15.9. The molecule has 2 aromatic rings. The molecule has 1 amide bonds. The zero-order chi connectivity index (χ0) is 14.9. The van der Waals surface area contributed by atoms with Crippen LogP contribution in [0.2, 0.25) is 8.67 Å². The number of rotatable bonds is 3. The molecule has 0 unspecified atom stereocenters. The molecule has 104 valence electrons. The Morgan fingerprint density at radius 3 is 2.50 bits per heavy atom. The Kier molecular flexibility index (Phi) is 4.70. The van der Waals surface area contributed by atoms with Crippen molar-refractivity contribution < 1.29 is 14.7 Å². The topological polar surface area (TPSA) is 66.4 Å². The third-order valence-corrected chi connectivity index (χ3v) is 4.53. The Morgan fingerprint density at radius 2 is 1.95 bits per heavy atom. The summed E-state index contributed by atoms with van der Waals surface area (Å²) in [6, 6.07) is 6.02. The average Bonchev–Trinajstić information content (AvgIpc) is 2.70. The van der Waals surface area contributed by atoms with E-state index in [2.05, 4.69) is 21.2 Å². The van der Waals surface area contributed by atoms with Gasteiger partial charge in [-0.2, -0.15) is 0 Å². The van der Waals surface area contributed by atoms with Crippen molar-refractivity contribution in [2.45, 2.75) is 0 Å². The molecule has 20 heavy (non-hydrogen) atoms. The Morgan fingerprint density at radius 1 is 1.25 bits per heavy atom. The van der Waals surface area contributed by atoms with Crippen molar-refractivity contribution in [1.82, 2.24) is 0 Å². The molecule has 1 aromatic carbocycles. The van der Waals surface area contributed by atoms with E-state index >= 15 is 0 Å². The van der Waals surface area contributed by atoms with Crippen LogP contribution >= 0.6 is 50.5 Å². The number of para-hydroxylation sites is 1. The maximum atomic E-state index is 12.1. The van der Waals surface area contributed by atoms with E-state index < -0.39 is 11.9 Å². The van der Waals surface area contributed by atoms with Gasteiger partial charge in [0.15, 0.2) is 0 Å². The van der Waals surface area contributed by atoms with Crippen LogP contribution in [0.3, 0.4) is 0 Å². The summed E-state index contributed by atoms with van der Waals surface area (Å²) in [6.07, 6.45) is 0. The van der Waals surface area contributed by atoms with Crippen LogP contribution in [0.15, 0.2) is 28.7 Å². The van der Waals surface area contributed by atoms with Gasteiger partial charge >= 0.3 is 5.97 Å². The van der Waals surface area contributed by atoms with Crippen LogP contribution in [0, 0.1) is 0 Å². The molecule has 0 fully saturated rings. The standard InChI is InChI=1S/C12H6BrCl2NO3S/c13-7-3-1-2-5(12(18)19)9(7)16-11(17)6-4-8(14)20-10(6)15/h1-4H,(H,16,17)(H,18,19). The van der Waals surface area contributed by atoms with Gasteiger partial charge in [-0.15, -0.1) is 11.3 Å². The third kappa shape index (κ3) is 3.15. The molecule has 0 radical (unpaired) electrons. The highest BCUT2D eigenvalue weighted by Gasteiger charge is 2.19. The van der Waals surface area contributed by atoms with E-state index in [1.807, 2.05) is 0 Å². The van der Waals surface area contributed by atoms with Gasteiger partial charge in [0.25, 0.3) is 5.91 Å². The molecular weight excluding hydrogens is 389 g/mol. The van der Waals surface area contributed by atoms with Crippen LogP contribution in [0.5, 0.6) is 0 Å². The van der Waals surface area contributed by atoms with Crippen molar-refractivity contribution in [3.8, 4) is 0 Å². The van der Waals surface area contributed by atoms with Gasteiger partial charge < -0.3 is 10.4 Å². The van der Waals surface area contributed by atoms with Gasteiger partial charge in [-0.1, -0.05) is 29.3 Å². The molecule has 1 aromatic heterocycles. The Labute approximate surface area is 136 Å². The van der Waals surface area contributed by atoms with E-state index in [0.29, 0.717) is 8.81 Å². The lowest BCUT2D eigenvalue weighted by Crippen LogP contribution is -2.15. The van der Waals surface area contributed by atoms with Gasteiger partial charge in [0, 0.05) is 4.47 Å². The van der Waals surface area contributed by atoms with E-state index in [-0.39, 0.29) is 21.2 Å². The van der Waals surface area contributed by atoms with Gasteiger partial charge in [-0.3, -0.25) is 4.79 Å². The van der Waals surface area contributed by atoms with Crippen molar-refractivity contribution in [2.24, 2.45) is 0 Å². The molecule has 0 spiro atoms. The molecule has 1 heterocycles. The van der Waals surface area contributed by atoms with Crippen molar-refractivity contribution >= 4 is 68.0 Å². The first-order chi connectivity index (χ1) is 9.40. The maximum Gasteiger partial charge on any atom is 0.337 e. The van der Waals surface area contributed by atoms with Gasteiger partial charge in [0.1, 0.15) is 4.34 Å². The first-order valence-corrected chi connectivity index (χ1v) is 7.54. The molecule has 0 saturated heterocycles. The van der Waals surface area contributed by atoms with Crippen LogP contribution in [-0.4, -0.2) is 17.0 Å². The first kappa shape index (κ1) is 15.3. The van der Waals surface area contributed by atoms with Crippen LogP contribution in [0.1, 0.15) is 20.7 Å². The number of carboxylic acid groups (broad SMARTS) is 1. The van der Waals surface area contributed by atoms with Gasteiger partial charge in [-0.05, 0) is 34.1 Å². The summed E-state index contributed by atoms with van der Waals surface area (Å²) in [5.74, 6) is -1.66. The third-order valence-electron chi connectivity index (χ3n) is 2.38. The number of carboxylic acids is 1. The smallest absolute Gasteiger partial charge is 0.337 e. The summed E-state index contributed by atoms with van der Waals surface area (Å²) < 4.78 is 1.09. The number of carbonyl (C=O) groups is 2. The molecule has 2 N–H and O–H groups in total. The summed E-state index contributed by atoms with van der Waals surface area (Å²) in [4.78, 5) is 23.3. The predicted molar refractivity (Wildman–Crippen MR) is 83.4 cm³/mol. The normalized spacial score (nSPS) is 10.3. The van der Waals surface area contributed by atoms with Crippen LogP contribution in [-0.2, 0) is 0 Å². The molecule has 2 rings (SSSR count). The van der Waals surface area contributed by atoms with E-state index in [1.165, 1.54) is 12.1 Å². The second kappa shape index (κ2) is 6.13. The Balaban J connectivity index is 2.37. The molecule has 8 heteroatoms. The van der Waals surface area contributed by atoms with Crippen LogP contribution < -0.4 is 5.32 Å².